The standard InChI is InChI=1S/C10H9Cl2NO/c11-7-4-8(12)10(14)5-9-6(7)2-1-3-13-9/h2,4,14H,1,3,5H2. The van der Waals surface area contributed by atoms with Gasteiger partial charge >= 0.3 is 0 Å². The molecule has 1 N–H and O–H groups in total. The van der Waals surface area contributed by atoms with Gasteiger partial charge in [0.1, 0.15) is 5.76 Å². The molecule has 0 spiro atoms. The zero-order valence-electron chi connectivity index (χ0n) is 7.43. The molecule has 0 aromatic carbocycles. The Balaban J connectivity index is 2.47. The van der Waals surface area contributed by atoms with E-state index >= 15 is 0 Å². The third-order valence-corrected chi connectivity index (χ3v) is 2.85. The highest BCUT2D eigenvalue weighted by Gasteiger charge is 2.20. The topological polar surface area (TPSA) is 32.6 Å². The third-order valence-electron chi connectivity index (χ3n) is 2.21. The molecule has 4 heteroatoms. The first-order valence-electron chi connectivity index (χ1n) is 4.37. The van der Waals surface area contributed by atoms with Gasteiger partial charge in [-0.2, -0.15) is 0 Å². The van der Waals surface area contributed by atoms with Crippen molar-refractivity contribution < 1.29 is 5.11 Å². The number of aliphatic hydroxyl groups is 1. The molecule has 2 nitrogen and oxygen atoms in total. The minimum absolute atomic E-state index is 0.133. The highest BCUT2D eigenvalue weighted by molar-refractivity contribution is 6.39. The van der Waals surface area contributed by atoms with E-state index in [-0.39, 0.29) is 5.76 Å². The Hall–Kier alpha value is -0.730. The SMILES string of the molecule is OC1=C(Cl)C=C(Cl)C2=CCCN=C2C1. The van der Waals surface area contributed by atoms with Crippen molar-refractivity contribution >= 4 is 28.9 Å². The van der Waals surface area contributed by atoms with Crippen LogP contribution < -0.4 is 0 Å². The molecule has 0 saturated carbocycles. The van der Waals surface area contributed by atoms with E-state index in [9.17, 15) is 5.11 Å². The summed E-state index contributed by atoms with van der Waals surface area (Å²) in [5.41, 5.74) is 1.73. The Kier molecular flexibility index (Phi) is 2.66. The average molecular weight is 230 g/mol. The van der Waals surface area contributed by atoms with Crippen molar-refractivity contribution in [2.24, 2.45) is 4.99 Å². The van der Waals surface area contributed by atoms with E-state index in [4.69, 9.17) is 23.2 Å². The van der Waals surface area contributed by atoms with E-state index in [1.807, 2.05) is 6.08 Å². The second-order valence-corrected chi connectivity index (χ2v) is 4.01. The number of fused-ring (bicyclic) bond motifs is 1. The number of aliphatic hydroxyl groups excluding tert-OH is 1. The largest absolute Gasteiger partial charge is 0.510 e. The van der Waals surface area contributed by atoms with Gasteiger partial charge in [0.15, 0.2) is 0 Å². The molecule has 0 bridgehead atoms. The van der Waals surface area contributed by atoms with E-state index in [0.717, 1.165) is 24.3 Å². The second kappa shape index (κ2) is 3.79. The normalized spacial score (nSPS) is 22.0. The maximum Gasteiger partial charge on any atom is 0.117 e. The first kappa shape index (κ1) is 9.81. The first-order valence-corrected chi connectivity index (χ1v) is 5.13. The molecule has 1 aliphatic carbocycles. The van der Waals surface area contributed by atoms with E-state index < -0.39 is 0 Å². The molecule has 2 rings (SSSR count). The Morgan fingerprint density at radius 2 is 2.14 bits per heavy atom. The first-order chi connectivity index (χ1) is 6.68. The molecular formula is C10H9Cl2NO. The van der Waals surface area contributed by atoms with Gasteiger partial charge in [0.2, 0.25) is 0 Å². The van der Waals surface area contributed by atoms with Gasteiger partial charge in [0, 0.05) is 18.5 Å². The lowest BCUT2D eigenvalue weighted by molar-refractivity contribution is 0.403. The fraction of sp³-hybridized carbons (Fsp3) is 0.300. The van der Waals surface area contributed by atoms with Crippen molar-refractivity contribution in [2.45, 2.75) is 12.8 Å². The summed E-state index contributed by atoms with van der Waals surface area (Å²) in [5, 5.41) is 10.4. The summed E-state index contributed by atoms with van der Waals surface area (Å²) in [4.78, 5) is 4.32. The molecule has 0 unspecified atom stereocenters. The highest BCUT2D eigenvalue weighted by Crippen LogP contribution is 2.30. The molecular weight excluding hydrogens is 221 g/mol. The maximum atomic E-state index is 9.55. The summed E-state index contributed by atoms with van der Waals surface area (Å²) in [7, 11) is 0. The van der Waals surface area contributed by atoms with Crippen molar-refractivity contribution in [2.75, 3.05) is 6.54 Å². The number of hydrogen-bond donors (Lipinski definition) is 1. The van der Waals surface area contributed by atoms with Crippen molar-refractivity contribution in [3.05, 3.63) is 33.5 Å². The van der Waals surface area contributed by atoms with Gasteiger partial charge in [0.05, 0.1) is 15.8 Å². The summed E-state index contributed by atoms with van der Waals surface area (Å²) in [6.07, 6.45) is 4.86. The maximum absolute atomic E-state index is 9.55. The fourth-order valence-corrected chi connectivity index (χ4v) is 2.04. The van der Waals surface area contributed by atoms with Gasteiger partial charge in [-0.25, -0.2) is 0 Å². The Morgan fingerprint density at radius 3 is 2.93 bits per heavy atom. The van der Waals surface area contributed by atoms with Gasteiger partial charge in [-0.05, 0) is 12.5 Å². The van der Waals surface area contributed by atoms with Crippen LogP contribution in [0.2, 0.25) is 0 Å². The predicted octanol–water partition coefficient (Wildman–Crippen LogP) is 3.29. The zero-order valence-corrected chi connectivity index (χ0v) is 8.94. The number of aliphatic imine (C=N–C) groups is 1. The van der Waals surface area contributed by atoms with Crippen LogP contribution in [-0.4, -0.2) is 17.4 Å². The summed E-state index contributed by atoms with van der Waals surface area (Å²) in [5.74, 6) is 0.133. The number of halogens is 2. The van der Waals surface area contributed by atoms with Crippen LogP contribution in [0.4, 0.5) is 0 Å². The lowest BCUT2D eigenvalue weighted by atomic mass is 10.0. The van der Waals surface area contributed by atoms with Crippen LogP contribution in [0.3, 0.4) is 0 Å². The molecule has 14 heavy (non-hydrogen) atoms. The minimum atomic E-state index is 0.133. The van der Waals surface area contributed by atoms with E-state index in [0.29, 0.717) is 16.5 Å². The number of rotatable bonds is 0. The molecule has 2 aliphatic rings. The van der Waals surface area contributed by atoms with Crippen LogP contribution in [0, 0.1) is 0 Å². The summed E-state index contributed by atoms with van der Waals surface area (Å²) in [6.45, 7) is 0.758. The highest BCUT2D eigenvalue weighted by atomic mass is 35.5. The van der Waals surface area contributed by atoms with Gasteiger partial charge in [-0.1, -0.05) is 29.3 Å². The molecule has 0 saturated heterocycles. The second-order valence-electron chi connectivity index (χ2n) is 3.20. The number of hydrogen-bond acceptors (Lipinski definition) is 2. The lowest BCUT2D eigenvalue weighted by Crippen LogP contribution is -2.08. The van der Waals surface area contributed by atoms with E-state index in [1.54, 1.807) is 6.08 Å². The van der Waals surface area contributed by atoms with Crippen LogP contribution >= 0.6 is 23.2 Å². The molecule has 0 aromatic rings. The van der Waals surface area contributed by atoms with Gasteiger partial charge in [0.25, 0.3) is 0 Å². The third kappa shape index (κ3) is 1.72. The average Bonchev–Trinajstić information content (AvgIpc) is 2.27. The smallest absolute Gasteiger partial charge is 0.117 e. The van der Waals surface area contributed by atoms with Gasteiger partial charge < -0.3 is 5.11 Å². The van der Waals surface area contributed by atoms with E-state index in [1.165, 1.54) is 0 Å². The van der Waals surface area contributed by atoms with Crippen LogP contribution in [0.1, 0.15) is 12.8 Å². The molecule has 1 heterocycles. The zero-order chi connectivity index (χ0) is 10.1. The summed E-state index contributed by atoms with van der Waals surface area (Å²) >= 11 is 11.9. The van der Waals surface area contributed by atoms with Crippen molar-refractivity contribution in [1.82, 2.24) is 0 Å². The number of allylic oxidation sites excluding steroid dienone is 5. The number of nitrogens with zero attached hydrogens (tertiary/aromatic N) is 1. The fourth-order valence-electron chi connectivity index (χ4n) is 1.51. The molecule has 1 aliphatic heterocycles. The monoisotopic (exact) mass is 229 g/mol. The Labute approximate surface area is 92.2 Å². The summed E-state index contributed by atoms with van der Waals surface area (Å²) in [6, 6.07) is 0. The van der Waals surface area contributed by atoms with Gasteiger partial charge in [-0.15, -0.1) is 0 Å². The van der Waals surface area contributed by atoms with Crippen molar-refractivity contribution in [1.29, 1.82) is 0 Å². The van der Waals surface area contributed by atoms with Crippen molar-refractivity contribution in [3.8, 4) is 0 Å². The lowest BCUT2D eigenvalue weighted by Gasteiger charge is -2.12. The van der Waals surface area contributed by atoms with Crippen molar-refractivity contribution in [3.63, 3.8) is 0 Å². The molecule has 0 fully saturated rings. The van der Waals surface area contributed by atoms with Crippen LogP contribution in [0.5, 0.6) is 0 Å². The van der Waals surface area contributed by atoms with Crippen LogP contribution in [0.15, 0.2) is 38.5 Å². The summed E-state index contributed by atoms with van der Waals surface area (Å²) < 4.78 is 0. The Morgan fingerprint density at radius 1 is 1.36 bits per heavy atom. The molecule has 0 atom stereocenters. The van der Waals surface area contributed by atoms with Crippen LogP contribution in [-0.2, 0) is 0 Å². The van der Waals surface area contributed by atoms with Crippen LogP contribution in [0.25, 0.3) is 0 Å². The minimum Gasteiger partial charge on any atom is -0.510 e. The molecule has 74 valence electrons. The van der Waals surface area contributed by atoms with Gasteiger partial charge in [-0.3, -0.25) is 4.99 Å². The molecule has 0 aromatic heterocycles. The Bertz CT molecular complexity index is 387. The molecule has 0 amide bonds. The quantitative estimate of drug-likeness (QED) is 0.680. The van der Waals surface area contributed by atoms with E-state index in [2.05, 4.69) is 4.99 Å². The number of dihydropyridines is 1. The predicted molar refractivity (Wildman–Crippen MR) is 59.1 cm³/mol. The molecule has 0 radical (unpaired) electrons.